The first-order valence-electron chi connectivity index (χ1n) is 8.03. The molecule has 0 radical (unpaired) electrons. The molecular weight excluding hydrogens is 322 g/mol. The summed E-state index contributed by atoms with van der Waals surface area (Å²) in [5.74, 6) is 0.433. The van der Waals surface area contributed by atoms with Gasteiger partial charge in [-0.25, -0.2) is 0 Å². The van der Waals surface area contributed by atoms with Crippen molar-refractivity contribution in [2.24, 2.45) is 0 Å². The zero-order valence-corrected chi connectivity index (χ0v) is 15.4. The number of methoxy groups -OCH3 is 1. The second-order valence-corrected chi connectivity index (χ2v) is 7.09. The topological polar surface area (TPSA) is 38.3 Å². The van der Waals surface area contributed by atoms with Crippen LogP contribution in [0.25, 0.3) is 0 Å². The lowest BCUT2D eigenvalue weighted by molar-refractivity contribution is 0.0934. The van der Waals surface area contributed by atoms with E-state index < -0.39 is 0 Å². The minimum atomic E-state index is -0.129. The number of rotatable bonds is 6. The van der Waals surface area contributed by atoms with Crippen LogP contribution in [0.4, 0.5) is 0 Å². The number of carbonyl (C=O) groups is 1. The standard InChI is InChI=1S/C20H24ClNO2/c1-14(13-20(2,3)16-8-6-5-7-9-16)22-19(23)15-10-11-18(24-4)17(21)12-15/h5-12,14H,13H2,1-4H3,(H,22,23)/t14-/m1/s1. The predicted octanol–water partition coefficient (Wildman–Crippen LogP) is 4.83. The Hall–Kier alpha value is -2.00. The van der Waals surface area contributed by atoms with Crippen molar-refractivity contribution < 1.29 is 9.53 Å². The van der Waals surface area contributed by atoms with E-state index in [1.54, 1.807) is 25.3 Å². The van der Waals surface area contributed by atoms with E-state index in [1.165, 1.54) is 5.56 Å². The van der Waals surface area contributed by atoms with Gasteiger partial charge in [0.15, 0.2) is 0 Å². The van der Waals surface area contributed by atoms with Gasteiger partial charge in [0.25, 0.3) is 5.91 Å². The molecule has 128 valence electrons. The summed E-state index contributed by atoms with van der Waals surface area (Å²) in [5.41, 5.74) is 1.77. The first-order chi connectivity index (χ1) is 11.3. The molecule has 0 bridgehead atoms. The van der Waals surface area contributed by atoms with Crippen LogP contribution in [-0.4, -0.2) is 19.1 Å². The van der Waals surface area contributed by atoms with Crippen molar-refractivity contribution in [3.05, 3.63) is 64.7 Å². The third kappa shape index (κ3) is 4.51. The largest absolute Gasteiger partial charge is 0.495 e. The van der Waals surface area contributed by atoms with E-state index in [9.17, 15) is 4.79 Å². The van der Waals surface area contributed by atoms with Gasteiger partial charge in [-0.3, -0.25) is 4.79 Å². The Morgan fingerprint density at radius 3 is 2.46 bits per heavy atom. The van der Waals surface area contributed by atoms with Crippen molar-refractivity contribution in [2.75, 3.05) is 7.11 Å². The molecule has 0 aliphatic rings. The van der Waals surface area contributed by atoms with Gasteiger partial charge in [0, 0.05) is 11.6 Å². The summed E-state index contributed by atoms with van der Waals surface area (Å²) < 4.78 is 5.11. The predicted molar refractivity (Wildman–Crippen MR) is 99.0 cm³/mol. The van der Waals surface area contributed by atoms with Gasteiger partial charge in [0.1, 0.15) is 5.75 Å². The summed E-state index contributed by atoms with van der Waals surface area (Å²) in [6, 6.07) is 15.4. The van der Waals surface area contributed by atoms with Crippen LogP contribution in [0.1, 0.15) is 43.1 Å². The highest BCUT2D eigenvalue weighted by Crippen LogP contribution is 2.28. The van der Waals surface area contributed by atoms with Crippen LogP contribution in [0.15, 0.2) is 48.5 Å². The molecule has 0 saturated heterocycles. The van der Waals surface area contributed by atoms with Gasteiger partial charge >= 0.3 is 0 Å². The Balaban J connectivity index is 2.02. The number of amides is 1. The molecule has 0 saturated carbocycles. The third-order valence-corrected chi connectivity index (χ3v) is 4.46. The van der Waals surface area contributed by atoms with Crippen LogP contribution in [0.5, 0.6) is 5.75 Å². The highest BCUT2D eigenvalue weighted by Gasteiger charge is 2.24. The zero-order valence-electron chi connectivity index (χ0n) is 14.6. The minimum absolute atomic E-state index is 0.0223. The van der Waals surface area contributed by atoms with Gasteiger partial charge in [-0.2, -0.15) is 0 Å². The minimum Gasteiger partial charge on any atom is -0.495 e. The number of ether oxygens (including phenoxy) is 1. The van der Waals surface area contributed by atoms with E-state index >= 15 is 0 Å². The Bertz CT molecular complexity index is 698. The molecule has 1 N–H and O–H groups in total. The highest BCUT2D eigenvalue weighted by atomic mass is 35.5. The monoisotopic (exact) mass is 345 g/mol. The molecule has 0 aromatic heterocycles. The maximum absolute atomic E-state index is 12.4. The maximum atomic E-state index is 12.4. The molecule has 0 spiro atoms. The van der Waals surface area contributed by atoms with Gasteiger partial charge in [0.05, 0.1) is 12.1 Å². The maximum Gasteiger partial charge on any atom is 0.251 e. The van der Waals surface area contributed by atoms with Gasteiger partial charge in [-0.05, 0) is 42.5 Å². The molecule has 2 rings (SSSR count). The summed E-state index contributed by atoms with van der Waals surface area (Å²) in [6.07, 6.45) is 0.840. The van der Waals surface area contributed by atoms with Crippen molar-refractivity contribution in [3.63, 3.8) is 0 Å². The average Bonchev–Trinajstić information content (AvgIpc) is 2.55. The fraction of sp³-hybridized carbons (Fsp3) is 0.350. The average molecular weight is 346 g/mol. The lowest BCUT2D eigenvalue weighted by atomic mass is 9.79. The first kappa shape index (κ1) is 18.3. The van der Waals surface area contributed by atoms with Crippen LogP contribution in [-0.2, 0) is 5.41 Å². The van der Waals surface area contributed by atoms with E-state index in [-0.39, 0.29) is 17.4 Å². The number of hydrogen-bond acceptors (Lipinski definition) is 2. The van der Waals surface area contributed by atoms with Crippen molar-refractivity contribution in [2.45, 2.75) is 38.6 Å². The molecule has 1 amide bonds. The van der Waals surface area contributed by atoms with Crippen LogP contribution in [0.2, 0.25) is 5.02 Å². The molecule has 0 heterocycles. The van der Waals surface area contributed by atoms with Crippen molar-refractivity contribution in [1.82, 2.24) is 5.32 Å². The Morgan fingerprint density at radius 2 is 1.88 bits per heavy atom. The summed E-state index contributed by atoms with van der Waals surface area (Å²) in [5, 5.41) is 3.48. The third-order valence-electron chi connectivity index (χ3n) is 4.16. The first-order valence-corrected chi connectivity index (χ1v) is 8.41. The van der Waals surface area contributed by atoms with Gasteiger partial charge in [-0.1, -0.05) is 55.8 Å². The normalized spacial score (nSPS) is 12.5. The smallest absolute Gasteiger partial charge is 0.251 e. The Morgan fingerprint density at radius 1 is 1.21 bits per heavy atom. The van der Waals surface area contributed by atoms with E-state index in [0.717, 1.165) is 6.42 Å². The molecule has 2 aromatic carbocycles. The van der Waals surface area contributed by atoms with Crippen molar-refractivity contribution >= 4 is 17.5 Å². The van der Waals surface area contributed by atoms with E-state index in [2.05, 4.69) is 31.3 Å². The lowest BCUT2D eigenvalue weighted by Gasteiger charge is -2.29. The van der Waals surface area contributed by atoms with Crippen LogP contribution in [0, 0.1) is 0 Å². The zero-order chi connectivity index (χ0) is 17.7. The second-order valence-electron chi connectivity index (χ2n) is 6.68. The summed E-state index contributed by atoms with van der Waals surface area (Å²) in [7, 11) is 1.55. The molecule has 4 heteroatoms. The number of carbonyl (C=O) groups excluding carboxylic acids is 1. The molecule has 1 atom stereocenters. The molecule has 0 aliphatic carbocycles. The molecule has 0 fully saturated rings. The van der Waals surface area contributed by atoms with Crippen molar-refractivity contribution in [3.8, 4) is 5.75 Å². The van der Waals surface area contributed by atoms with Crippen LogP contribution < -0.4 is 10.1 Å². The summed E-state index contributed by atoms with van der Waals surface area (Å²) in [6.45, 7) is 6.40. The van der Waals surface area contributed by atoms with E-state index in [0.29, 0.717) is 16.3 Å². The molecule has 3 nitrogen and oxygen atoms in total. The number of benzene rings is 2. The van der Waals surface area contributed by atoms with Crippen LogP contribution in [0.3, 0.4) is 0 Å². The Labute approximate surface area is 149 Å². The van der Waals surface area contributed by atoms with Gasteiger partial charge in [-0.15, -0.1) is 0 Å². The van der Waals surface area contributed by atoms with Gasteiger partial charge < -0.3 is 10.1 Å². The summed E-state index contributed by atoms with van der Waals surface area (Å²) >= 11 is 6.09. The summed E-state index contributed by atoms with van der Waals surface area (Å²) in [4.78, 5) is 12.4. The molecule has 24 heavy (non-hydrogen) atoms. The number of halogens is 1. The SMILES string of the molecule is COc1ccc(C(=O)N[C@H](C)CC(C)(C)c2ccccc2)cc1Cl. The van der Waals surface area contributed by atoms with Gasteiger partial charge in [0.2, 0.25) is 0 Å². The molecule has 0 unspecified atom stereocenters. The highest BCUT2D eigenvalue weighted by molar-refractivity contribution is 6.32. The van der Waals surface area contributed by atoms with Crippen molar-refractivity contribution in [1.29, 1.82) is 0 Å². The number of hydrogen-bond donors (Lipinski definition) is 1. The van der Waals surface area contributed by atoms with E-state index in [4.69, 9.17) is 16.3 Å². The Kier molecular flexibility index (Phi) is 5.89. The second kappa shape index (κ2) is 7.71. The fourth-order valence-corrected chi connectivity index (χ4v) is 3.20. The van der Waals surface area contributed by atoms with E-state index in [1.807, 2.05) is 25.1 Å². The quantitative estimate of drug-likeness (QED) is 0.813. The molecular formula is C20H24ClNO2. The van der Waals surface area contributed by atoms with Crippen LogP contribution >= 0.6 is 11.6 Å². The molecule has 0 aliphatic heterocycles. The molecule has 2 aromatic rings. The lowest BCUT2D eigenvalue weighted by Crippen LogP contribution is -2.37. The fourth-order valence-electron chi connectivity index (χ4n) is 2.94. The number of nitrogens with one attached hydrogen (secondary N) is 1.